The Balaban J connectivity index is 2.98. The van der Waals surface area contributed by atoms with E-state index in [1.54, 1.807) is 0 Å². The molecule has 1 rings (SSSR count). The molecular weight excluding hydrogens is 178 g/mol. The highest BCUT2D eigenvalue weighted by molar-refractivity contribution is 6.23. The molecule has 1 N–H and O–H groups in total. The number of carbonyl (C=O) groups is 1. The van der Waals surface area contributed by atoms with E-state index in [-0.39, 0.29) is 11.3 Å². The zero-order valence-electron chi connectivity index (χ0n) is 9.00. The number of hydrogen-bond donors (Lipinski definition) is 1. The molecule has 0 aromatic rings. The van der Waals surface area contributed by atoms with Crippen LogP contribution in [0.4, 0.5) is 0 Å². The number of Topliss-reactive ketones (excluding diaryl/α,β-unsaturated/α-hetero) is 1. The topological polar surface area (TPSA) is 49.7 Å². The van der Waals surface area contributed by atoms with E-state index in [1.165, 1.54) is 0 Å². The maximum Gasteiger partial charge on any atom is 0.167 e. The molecule has 3 nitrogen and oxygen atoms in total. The van der Waals surface area contributed by atoms with Crippen molar-refractivity contribution in [3.63, 3.8) is 0 Å². The number of ketones is 1. The molecular formula is C11H17NO2. The molecule has 0 aromatic heterocycles. The predicted octanol–water partition coefficient (Wildman–Crippen LogP) is 2.42. The van der Waals surface area contributed by atoms with Crippen molar-refractivity contribution >= 4 is 11.5 Å². The van der Waals surface area contributed by atoms with E-state index in [9.17, 15) is 4.79 Å². The molecule has 0 atom stereocenters. The van der Waals surface area contributed by atoms with Crippen LogP contribution in [0.2, 0.25) is 0 Å². The van der Waals surface area contributed by atoms with Gasteiger partial charge >= 0.3 is 0 Å². The van der Waals surface area contributed by atoms with Crippen LogP contribution in [0.1, 0.15) is 40.0 Å². The van der Waals surface area contributed by atoms with E-state index in [2.05, 4.69) is 4.99 Å². The van der Waals surface area contributed by atoms with Crippen LogP contribution in [-0.4, -0.2) is 22.1 Å². The summed E-state index contributed by atoms with van der Waals surface area (Å²) >= 11 is 0. The fourth-order valence-corrected chi connectivity index (χ4v) is 1.51. The van der Waals surface area contributed by atoms with Gasteiger partial charge in [-0.3, -0.25) is 9.79 Å². The number of nitrogens with zero attached hydrogens (tertiary/aromatic N) is 1. The van der Waals surface area contributed by atoms with Crippen LogP contribution >= 0.6 is 0 Å². The predicted molar refractivity (Wildman–Crippen MR) is 56.8 cm³/mol. The Morgan fingerprint density at radius 3 is 2.50 bits per heavy atom. The number of aliphatic hydroxyl groups excluding tert-OH is 1. The maximum absolute atomic E-state index is 11.4. The molecule has 78 valence electrons. The van der Waals surface area contributed by atoms with Crippen molar-refractivity contribution in [3.05, 3.63) is 11.8 Å². The highest BCUT2D eigenvalue weighted by Gasteiger charge is 2.23. The van der Waals surface area contributed by atoms with Crippen molar-refractivity contribution in [2.24, 2.45) is 4.99 Å². The summed E-state index contributed by atoms with van der Waals surface area (Å²) in [6.07, 6.45) is 3.04. The molecule has 0 amide bonds. The monoisotopic (exact) mass is 195 g/mol. The van der Waals surface area contributed by atoms with E-state index >= 15 is 0 Å². The minimum absolute atomic E-state index is 0.00162. The van der Waals surface area contributed by atoms with E-state index in [0.717, 1.165) is 24.8 Å². The molecule has 3 heteroatoms. The van der Waals surface area contributed by atoms with Crippen LogP contribution in [0.5, 0.6) is 0 Å². The molecule has 0 saturated heterocycles. The van der Waals surface area contributed by atoms with Gasteiger partial charge in [0.2, 0.25) is 0 Å². The fraction of sp³-hybridized carbons (Fsp3) is 0.636. The number of carbonyl (C=O) groups excluding carboxylic acids is 1. The SMILES string of the molecule is CC(C)(C)N=C1CCCC(=O)/C1=C\O. The number of aliphatic hydroxyl groups is 1. The normalized spacial score (nSPS) is 24.6. The number of allylic oxidation sites excluding steroid dienone is 1. The first-order valence-electron chi connectivity index (χ1n) is 4.91. The van der Waals surface area contributed by atoms with Gasteiger partial charge in [-0.05, 0) is 33.6 Å². The quantitative estimate of drug-likeness (QED) is 0.476. The molecule has 0 aromatic carbocycles. The smallest absolute Gasteiger partial charge is 0.167 e. The molecule has 0 spiro atoms. The summed E-state index contributed by atoms with van der Waals surface area (Å²) in [5, 5.41) is 8.96. The zero-order chi connectivity index (χ0) is 10.8. The Kier molecular flexibility index (Phi) is 3.09. The van der Waals surface area contributed by atoms with E-state index < -0.39 is 0 Å². The lowest BCUT2D eigenvalue weighted by atomic mass is 9.91. The van der Waals surface area contributed by atoms with Crippen molar-refractivity contribution in [3.8, 4) is 0 Å². The third-order valence-electron chi connectivity index (χ3n) is 2.03. The van der Waals surface area contributed by atoms with Crippen LogP contribution in [0.15, 0.2) is 16.8 Å². The second-order valence-electron chi connectivity index (χ2n) is 4.55. The highest BCUT2D eigenvalue weighted by atomic mass is 16.2. The van der Waals surface area contributed by atoms with Gasteiger partial charge in [-0.25, -0.2) is 0 Å². The largest absolute Gasteiger partial charge is 0.515 e. The molecule has 0 heterocycles. The van der Waals surface area contributed by atoms with Crippen LogP contribution in [0, 0.1) is 0 Å². The third kappa shape index (κ3) is 2.69. The van der Waals surface area contributed by atoms with Crippen molar-refractivity contribution < 1.29 is 9.90 Å². The Labute approximate surface area is 84.5 Å². The van der Waals surface area contributed by atoms with Gasteiger partial charge in [-0.1, -0.05) is 0 Å². The van der Waals surface area contributed by atoms with Gasteiger partial charge in [-0.15, -0.1) is 0 Å². The molecule has 0 bridgehead atoms. The summed E-state index contributed by atoms with van der Waals surface area (Å²) < 4.78 is 0. The van der Waals surface area contributed by atoms with Gasteiger partial charge in [0.25, 0.3) is 0 Å². The van der Waals surface area contributed by atoms with Gasteiger partial charge in [0.15, 0.2) is 5.78 Å². The summed E-state index contributed by atoms with van der Waals surface area (Å²) in [7, 11) is 0. The van der Waals surface area contributed by atoms with Gasteiger partial charge in [0.1, 0.15) is 0 Å². The lowest BCUT2D eigenvalue weighted by Gasteiger charge is -2.20. The summed E-state index contributed by atoms with van der Waals surface area (Å²) in [5.74, 6) is 0.00162. The molecule has 0 unspecified atom stereocenters. The molecule has 14 heavy (non-hydrogen) atoms. The van der Waals surface area contributed by atoms with Crippen molar-refractivity contribution in [1.82, 2.24) is 0 Å². The lowest BCUT2D eigenvalue weighted by molar-refractivity contribution is -0.115. The van der Waals surface area contributed by atoms with Crippen LogP contribution in [-0.2, 0) is 4.79 Å². The molecule has 1 saturated carbocycles. The summed E-state index contributed by atoms with van der Waals surface area (Å²) in [5.41, 5.74) is 0.948. The Morgan fingerprint density at radius 1 is 1.36 bits per heavy atom. The Hall–Kier alpha value is -1.12. The lowest BCUT2D eigenvalue weighted by Crippen LogP contribution is -2.23. The molecule has 1 aliphatic carbocycles. The summed E-state index contributed by atoms with van der Waals surface area (Å²) in [4.78, 5) is 15.9. The fourth-order valence-electron chi connectivity index (χ4n) is 1.51. The van der Waals surface area contributed by atoms with Gasteiger partial charge in [-0.2, -0.15) is 0 Å². The van der Waals surface area contributed by atoms with Gasteiger partial charge in [0, 0.05) is 12.1 Å². The maximum atomic E-state index is 11.4. The Bertz CT molecular complexity index is 295. The van der Waals surface area contributed by atoms with E-state index in [4.69, 9.17) is 5.11 Å². The zero-order valence-corrected chi connectivity index (χ0v) is 9.00. The van der Waals surface area contributed by atoms with Crippen LogP contribution in [0.3, 0.4) is 0 Å². The second kappa shape index (κ2) is 3.95. The molecule has 1 aliphatic rings. The molecule has 0 aliphatic heterocycles. The van der Waals surface area contributed by atoms with Crippen molar-refractivity contribution in [2.45, 2.75) is 45.6 Å². The molecule has 0 radical (unpaired) electrons. The Morgan fingerprint density at radius 2 is 2.00 bits per heavy atom. The first-order valence-corrected chi connectivity index (χ1v) is 4.91. The average molecular weight is 195 g/mol. The average Bonchev–Trinajstić information content (AvgIpc) is 2.01. The number of rotatable bonds is 0. The number of aliphatic imine (C=N–C) groups is 1. The molecule has 1 fully saturated rings. The van der Waals surface area contributed by atoms with Crippen LogP contribution < -0.4 is 0 Å². The van der Waals surface area contributed by atoms with E-state index in [1.807, 2.05) is 20.8 Å². The van der Waals surface area contributed by atoms with Crippen molar-refractivity contribution in [2.75, 3.05) is 0 Å². The summed E-state index contributed by atoms with van der Waals surface area (Å²) in [6, 6.07) is 0. The minimum Gasteiger partial charge on any atom is -0.515 e. The van der Waals surface area contributed by atoms with Crippen LogP contribution in [0.25, 0.3) is 0 Å². The van der Waals surface area contributed by atoms with E-state index in [0.29, 0.717) is 12.0 Å². The van der Waals surface area contributed by atoms with Crippen molar-refractivity contribution in [1.29, 1.82) is 0 Å². The second-order valence-corrected chi connectivity index (χ2v) is 4.55. The highest BCUT2D eigenvalue weighted by Crippen LogP contribution is 2.20. The number of hydrogen-bond acceptors (Lipinski definition) is 3. The standard InChI is InChI=1S/C11H17NO2/c1-11(2,3)12-9-5-4-6-10(14)8(9)7-13/h7,13H,4-6H2,1-3H3/b8-7-,12-9?. The first kappa shape index (κ1) is 11.0. The summed E-state index contributed by atoms with van der Waals surface area (Å²) in [6.45, 7) is 5.94. The minimum atomic E-state index is -0.193. The third-order valence-corrected chi connectivity index (χ3v) is 2.03. The first-order chi connectivity index (χ1) is 6.44. The van der Waals surface area contributed by atoms with Gasteiger partial charge < -0.3 is 5.11 Å². The van der Waals surface area contributed by atoms with Gasteiger partial charge in [0.05, 0.1) is 17.4 Å².